The molecular formula is C26H28Cl2N4O4. The molecule has 0 radical (unpaired) electrons. The third-order valence-electron chi connectivity index (χ3n) is 7.10. The maximum absolute atomic E-state index is 13.5. The fourth-order valence-electron chi connectivity index (χ4n) is 5.07. The lowest BCUT2D eigenvalue weighted by molar-refractivity contribution is -0.136. The van der Waals surface area contributed by atoms with E-state index in [9.17, 15) is 9.59 Å². The Labute approximate surface area is 220 Å². The summed E-state index contributed by atoms with van der Waals surface area (Å²) in [5.41, 5.74) is 1.45. The molecule has 2 saturated heterocycles. The minimum atomic E-state index is -0.357. The highest BCUT2D eigenvalue weighted by atomic mass is 35.5. The van der Waals surface area contributed by atoms with E-state index < -0.39 is 0 Å². The molecule has 1 aromatic carbocycles. The summed E-state index contributed by atoms with van der Waals surface area (Å²) in [5.74, 6) is 0.353. The molecule has 8 nitrogen and oxygen atoms in total. The van der Waals surface area contributed by atoms with Crippen LogP contribution < -0.4 is 4.74 Å². The molecular weight excluding hydrogens is 503 g/mol. The summed E-state index contributed by atoms with van der Waals surface area (Å²) in [7, 11) is 1.36. The Bertz CT molecular complexity index is 1150. The molecule has 2 amide bonds. The lowest BCUT2D eigenvalue weighted by Crippen LogP contribution is -2.44. The van der Waals surface area contributed by atoms with Gasteiger partial charge in [-0.15, -0.1) is 0 Å². The summed E-state index contributed by atoms with van der Waals surface area (Å²) >= 11 is 12.5. The molecule has 1 aromatic heterocycles. The maximum Gasteiger partial charge on any atom is 0.409 e. The van der Waals surface area contributed by atoms with Crippen LogP contribution in [0.2, 0.25) is 10.0 Å². The number of carbonyl (C=O) groups is 2. The van der Waals surface area contributed by atoms with Crippen molar-refractivity contribution in [3.63, 3.8) is 0 Å². The highest BCUT2D eigenvalue weighted by Gasteiger charge is 2.42. The number of hydrogen-bond donors (Lipinski definition) is 0. The average molecular weight is 531 g/mol. The van der Waals surface area contributed by atoms with Crippen molar-refractivity contribution in [2.24, 2.45) is 11.8 Å². The van der Waals surface area contributed by atoms with Crippen molar-refractivity contribution in [1.82, 2.24) is 14.8 Å². The Kier molecular flexibility index (Phi) is 8.22. The summed E-state index contributed by atoms with van der Waals surface area (Å²) in [4.78, 5) is 33.1. The Hall–Kier alpha value is -3.02. The fraction of sp³-hybridized carbons (Fsp3) is 0.462. The zero-order chi connectivity index (χ0) is 25.8. The quantitative estimate of drug-likeness (QED) is 0.553. The Morgan fingerprint density at radius 2 is 1.86 bits per heavy atom. The zero-order valence-corrected chi connectivity index (χ0v) is 21.7. The molecule has 2 aromatic rings. The van der Waals surface area contributed by atoms with Gasteiger partial charge in [-0.25, -0.2) is 9.78 Å². The minimum absolute atomic E-state index is 0.00717. The first kappa shape index (κ1) is 26.1. The van der Waals surface area contributed by atoms with Crippen LogP contribution in [0, 0.1) is 23.2 Å². The van der Waals surface area contributed by atoms with Gasteiger partial charge in [0, 0.05) is 56.2 Å². The molecule has 2 aliphatic rings. The minimum Gasteiger partial charge on any atom is -0.474 e. The molecule has 3 heterocycles. The molecule has 0 bridgehead atoms. The van der Waals surface area contributed by atoms with E-state index in [-0.39, 0.29) is 35.9 Å². The Morgan fingerprint density at radius 3 is 2.47 bits per heavy atom. The third kappa shape index (κ3) is 5.69. The molecule has 0 aliphatic carbocycles. The molecule has 0 spiro atoms. The number of nitrogens with zero attached hydrogens (tertiary/aromatic N) is 4. The number of benzene rings is 1. The van der Waals surface area contributed by atoms with Gasteiger partial charge in [0.1, 0.15) is 12.2 Å². The van der Waals surface area contributed by atoms with Crippen LogP contribution >= 0.6 is 23.2 Å². The van der Waals surface area contributed by atoms with Gasteiger partial charge in [-0.2, -0.15) is 5.26 Å². The van der Waals surface area contributed by atoms with E-state index in [4.69, 9.17) is 37.9 Å². The summed E-state index contributed by atoms with van der Waals surface area (Å²) in [6.07, 6.45) is 2.07. The highest BCUT2D eigenvalue weighted by molar-refractivity contribution is 6.42. The van der Waals surface area contributed by atoms with Crippen molar-refractivity contribution < 1.29 is 19.1 Å². The number of carbonyl (C=O) groups excluding carboxylic acids is 2. The number of methoxy groups -OCH3 is 1. The smallest absolute Gasteiger partial charge is 0.409 e. The number of rotatable bonds is 5. The molecule has 0 saturated carbocycles. The summed E-state index contributed by atoms with van der Waals surface area (Å²) in [6, 6.07) is 11.0. The van der Waals surface area contributed by atoms with Gasteiger partial charge in [0.05, 0.1) is 22.7 Å². The van der Waals surface area contributed by atoms with Crippen molar-refractivity contribution in [1.29, 1.82) is 5.26 Å². The van der Waals surface area contributed by atoms with Crippen LogP contribution in [0.15, 0.2) is 36.5 Å². The molecule has 2 aliphatic heterocycles. The van der Waals surface area contributed by atoms with Gasteiger partial charge in [0.2, 0.25) is 11.8 Å². The number of nitriles is 1. The van der Waals surface area contributed by atoms with Crippen molar-refractivity contribution in [2.75, 3.05) is 33.3 Å². The van der Waals surface area contributed by atoms with Gasteiger partial charge in [-0.1, -0.05) is 29.3 Å². The molecule has 4 rings (SSSR count). The van der Waals surface area contributed by atoms with Crippen LogP contribution in [0.1, 0.15) is 36.8 Å². The van der Waals surface area contributed by atoms with Gasteiger partial charge in [-0.05, 0) is 43.5 Å². The monoisotopic (exact) mass is 530 g/mol. The van der Waals surface area contributed by atoms with E-state index in [0.29, 0.717) is 60.5 Å². The molecule has 36 heavy (non-hydrogen) atoms. The van der Waals surface area contributed by atoms with Gasteiger partial charge in [-0.3, -0.25) is 4.79 Å². The number of aromatic nitrogens is 1. The topological polar surface area (TPSA) is 95.8 Å². The van der Waals surface area contributed by atoms with Crippen LogP contribution in [-0.4, -0.2) is 66.2 Å². The predicted molar refractivity (Wildman–Crippen MR) is 135 cm³/mol. The number of piperidine rings is 1. The first-order valence-corrected chi connectivity index (χ1v) is 12.7. The highest BCUT2D eigenvalue weighted by Crippen LogP contribution is 2.39. The second-order valence-electron chi connectivity index (χ2n) is 9.24. The van der Waals surface area contributed by atoms with E-state index in [0.717, 1.165) is 5.56 Å². The van der Waals surface area contributed by atoms with Crippen LogP contribution in [-0.2, 0) is 9.53 Å². The summed E-state index contributed by atoms with van der Waals surface area (Å²) in [6.45, 7) is 4.03. The van der Waals surface area contributed by atoms with Crippen molar-refractivity contribution >= 4 is 35.2 Å². The Balaban J connectivity index is 1.51. The number of likely N-dealkylation sites (tertiary alicyclic amines) is 2. The maximum atomic E-state index is 13.5. The number of halogens is 2. The molecule has 0 N–H and O–H groups in total. The second-order valence-corrected chi connectivity index (χ2v) is 10.1. The predicted octanol–water partition coefficient (Wildman–Crippen LogP) is 4.75. The normalized spacial score (nSPS) is 21.1. The van der Waals surface area contributed by atoms with Gasteiger partial charge >= 0.3 is 6.09 Å². The Morgan fingerprint density at radius 1 is 1.11 bits per heavy atom. The number of pyridine rings is 1. The summed E-state index contributed by atoms with van der Waals surface area (Å²) in [5, 5.41) is 9.96. The van der Waals surface area contributed by atoms with E-state index in [2.05, 4.69) is 4.98 Å². The molecule has 2 fully saturated rings. The molecule has 3 atom stereocenters. The van der Waals surface area contributed by atoms with E-state index in [1.807, 2.05) is 30.0 Å². The largest absolute Gasteiger partial charge is 0.474 e. The van der Waals surface area contributed by atoms with Crippen LogP contribution in [0.3, 0.4) is 0 Å². The standard InChI is InChI=1S/C26H28Cl2N4O4/c1-16(36-24-6-3-17(12-29)13-30-24)20-14-32(15-21(20)19-4-5-22(27)23(28)11-19)25(33)18-7-9-31(10-8-18)26(34)35-2/h3-6,11,13,16,18,20-21H,7-10,14-15H2,1-2H3/t16-,20?,21+/m0/s1. The van der Waals surface area contributed by atoms with Gasteiger partial charge in [0.15, 0.2) is 0 Å². The van der Waals surface area contributed by atoms with Crippen molar-refractivity contribution in [3.05, 3.63) is 57.7 Å². The number of hydrogen-bond acceptors (Lipinski definition) is 6. The molecule has 1 unspecified atom stereocenters. The van der Waals surface area contributed by atoms with Gasteiger partial charge in [0.25, 0.3) is 0 Å². The van der Waals surface area contributed by atoms with Crippen LogP contribution in [0.4, 0.5) is 4.79 Å². The first-order valence-electron chi connectivity index (χ1n) is 11.9. The SMILES string of the molecule is COC(=O)N1CCC(C(=O)N2CC([C@H](C)Oc3ccc(C#N)cn3)[C@@H](c3ccc(Cl)c(Cl)c3)C2)CC1. The van der Waals surface area contributed by atoms with E-state index in [1.165, 1.54) is 13.3 Å². The molecule has 190 valence electrons. The van der Waals surface area contributed by atoms with Crippen LogP contribution in [0.25, 0.3) is 0 Å². The second kappa shape index (κ2) is 11.4. The number of ether oxygens (including phenoxy) is 2. The van der Waals surface area contributed by atoms with Gasteiger partial charge < -0.3 is 19.3 Å². The van der Waals surface area contributed by atoms with E-state index >= 15 is 0 Å². The molecule has 10 heteroatoms. The fourth-order valence-corrected chi connectivity index (χ4v) is 5.38. The lowest BCUT2D eigenvalue weighted by atomic mass is 9.86. The van der Waals surface area contributed by atoms with Crippen molar-refractivity contribution in [3.8, 4) is 11.9 Å². The summed E-state index contributed by atoms with van der Waals surface area (Å²) < 4.78 is 11.0. The first-order chi connectivity index (χ1) is 17.3. The van der Waals surface area contributed by atoms with E-state index in [1.54, 1.807) is 23.1 Å². The zero-order valence-electron chi connectivity index (χ0n) is 20.2. The van der Waals surface area contributed by atoms with Crippen LogP contribution in [0.5, 0.6) is 5.88 Å². The lowest BCUT2D eigenvalue weighted by Gasteiger charge is -2.32. The average Bonchev–Trinajstić information content (AvgIpc) is 3.35. The number of amides is 2. The third-order valence-corrected chi connectivity index (χ3v) is 7.84. The van der Waals surface area contributed by atoms with Crippen molar-refractivity contribution in [2.45, 2.75) is 31.8 Å².